The molecule has 27 heavy (non-hydrogen) atoms. The number of hydrogen-bond donors (Lipinski definition) is 2. The van der Waals surface area contributed by atoms with Crippen LogP contribution in [0.1, 0.15) is 51.4 Å². The van der Waals surface area contributed by atoms with Crippen LogP contribution in [0.5, 0.6) is 0 Å². The third-order valence-electron chi connectivity index (χ3n) is 6.87. The van der Waals surface area contributed by atoms with E-state index in [0.717, 1.165) is 23.8 Å². The maximum Gasteiger partial charge on any atom is 0.243 e. The molecule has 0 radical (unpaired) electrons. The highest BCUT2D eigenvalue weighted by Gasteiger charge is 2.40. The molecule has 0 aromatic rings. The summed E-state index contributed by atoms with van der Waals surface area (Å²) in [5.41, 5.74) is 0. The van der Waals surface area contributed by atoms with Crippen molar-refractivity contribution >= 4 is 35.8 Å². The van der Waals surface area contributed by atoms with E-state index >= 15 is 0 Å². The maximum absolute atomic E-state index is 12.0. The number of amides is 1. The number of likely N-dealkylation sites (tertiary alicyclic amines) is 1. The summed E-state index contributed by atoms with van der Waals surface area (Å²) >= 11 is 0. The van der Waals surface area contributed by atoms with E-state index < -0.39 is 0 Å². The topological polar surface area (TPSA) is 60.0 Å². The largest absolute Gasteiger partial charge is 0.354 e. The minimum Gasteiger partial charge on any atom is -0.354 e. The van der Waals surface area contributed by atoms with Crippen LogP contribution < -0.4 is 10.6 Å². The minimum absolute atomic E-state index is 0. The summed E-state index contributed by atoms with van der Waals surface area (Å²) in [6, 6.07) is 1.89. The van der Waals surface area contributed by atoms with Gasteiger partial charge in [0.15, 0.2) is 5.96 Å². The lowest BCUT2D eigenvalue weighted by Crippen LogP contribution is -2.52. The molecule has 154 valence electrons. The Morgan fingerprint density at radius 2 is 1.78 bits per heavy atom. The molecule has 4 fully saturated rings. The van der Waals surface area contributed by atoms with Crippen molar-refractivity contribution in [2.45, 2.75) is 69.5 Å². The molecule has 1 saturated heterocycles. The van der Waals surface area contributed by atoms with Crippen molar-refractivity contribution in [3.8, 4) is 0 Å². The molecular formula is C20H36IN5O. The summed E-state index contributed by atoms with van der Waals surface area (Å²) in [5, 5.41) is 7.35. The number of aliphatic imine (C=N–C) groups is 1. The second-order valence-electron chi connectivity index (χ2n) is 9.06. The smallest absolute Gasteiger partial charge is 0.243 e. The Kier molecular flexibility index (Phi) is 7.27. The molecule has 3 atom stereocenters. The molecule has 3 unspecified atom stereocenters. The molecule has 0 aromatic carbocycles. The van der Waals surface area contributed by atoms with Crippen LogP contribution in [0.2, 0.25) is 0 Å². The highest BCUT2D eigenvalue weighted by Crippen LogP contribution is 2.44. The van der Waals surface area contributed by atoms with Gasteiger partial charge in [-0.1, -0.05) is 6.42 Å². The number of hydrogen-bond acceptors (Lipinski definition) is 3. The van der Waals surface area contributed by atoms with Gasteiger partial charge in [-0.15, -0.1) is 24.0 Å². The highest BCUT2D eigenvalue weighted by atomic mass is 127. The van der Waals surface area contributed by atoms with E-state index in [9.17, 15) is 4.79 Å². The van der Waals surface area contributed by atoms with Crippen molar-refractivity contribution < 1.29 is 4.79 Å². The monoisotopic (exact) mass is 489 g/mol. The van der Waals surface area contributed by atoms with Crippen LogP contribution in [-0.2, 0) is 4.79 Å². The molecule has 3 aliphatic carbocycles. The Bertz CT molecular complexity index is 542. The zero-order valence-corrected chi connectivity index (χ0v) is 19.2. The van der Waals surface area contributed by atoms with Gasteiger partial charge in [0.25, 0.3) is 0 Å². The summed E-state index contributed by atoms with van der Waals surface area (Å²) in [4.78, 5) is 20.9. The predicted molar refractivity (Wildman–Crippen MR) is 120 cm³/mol. The molecule has 4 rings (SSSR count). The van der Waals surface area contributed by atoms with Crippen molar-refractivity contribution in [2.24, 2.45) is 16.8 Å². The van der Waals surface area contributed by atoms with E-state index in [1.54, 1.807) is 19.0 Å². The molecule has 3 saturated carbocycles. The molecule has 0 spiro atoms. The van der Waals surface area contributed by atoms with Crippen LogP contribution in [0.4, 0.5) is 0 Å². The molecule has 0 aromatic heterocycles. The first kappa shape index (κ1) is 21.1. The number of likely N-dealkylation sites (N-methyl/N-ethyl adjacent to an activating group) is 1. The molecule has 2 N–H and O–H groups in total. The number of halogens is 1. The molecule has 2 bridgehead atoms. The van der Waals surface area contributed by atoms with Gasteiger partial charge in [0.1, 0.15) is 6.54 Å². The van der Waals surface area contributed by atoms with Gasteiger partial charge < -0.3 is 20.4 Å². The van der Waals surface area contributed by atoms with Gasteiger partial charge in [-0.05, 0) is 56.8 Å². The van der Waals surface area contributed by atoms with Crippen molar-refractivity contribution in [3.63, 3.8) is 0 Å². The first-order valence-corrected chi connectivity index (χ1v) is 10.6. The zero-order valence-electron chi connectivity index (χ0n) is 16.8. The van der Waals surface area contributed by atoms with E-state index in [1.165, 1.54) is 64.5 Å². The number of piperidine rings is 1. The summed E-state index contributed by atoms with van der Waals surface area (Å²) in [6.07, 6.45) is 10.5. The molecule has 1 amide bonds. The van der Waals surface area contributed by atoms with Gasteiger partial charge >= 0.3 is 0 Å². The normalized spacial score (nSPS) is 31.5. The van der Waals surface area contributed by atoms with Crippen LogP contribution in [0.15, 0.2) is 4.99 Å². The van der Waals surface area contributed by atoms with E-state index in [2.05, 4.69) is 20.5 Å². The predicted octanol–water partition coefficient (Wildman–Crippen LogP) is 2.04. The number of nitrogens with one attached hydrogen (secondary N) is 2. The average molecular weight is 489 g/mol. The average Bonchev–Trinajstić information content (AvgIpc) is 3.28. The molecule has 4 aliphatic rings. The molecule has 1 aliphatic heterocycles. The van der Waals surface area contributed by atoms with E-state index in [0.29, 0.717) is 12.1 Å². The van der Waals surface area contributed by atoms with Crippen LogP contribution in [0.3, 0.4) is 0 Å². The number of guanidine groups is 1. The van der Waals surface area contributed by atoms with Gasteiger partial charge in [0.05, 0.1) is 0 Å². The summed E-state index contributed by atoms with van der Waals surface area (Å²) < 4.78 is 0. The van der Waals surface area contributed by atoms with Crippen molar-refractivity contribution in [2.75, 3.05) is 33.7 Å². The standard InChI is InChI=1S/C20H35N5O.HI/c1-24(2)19(26)13-21-20(23-18-12-14-3-4-15(18)11-14)22-16-7-9-25(10-8-16)17-5-6-17;/h14-18H,3-13H2,1-2H3,(H2,21,22,23);1H. The Hall–Kier alpha value is -0.570. The fourth-order valence-electron chi connectivity index (χ4n) is 5.06. The lowest BCUT2D eigenvalue weighted by molar-refractivity contribution is -0.127. The summed E-state index contributed by atoms with van der Waals surface area (Å²) in [6.45, 7) is 2.62. The molecule has 7 heteroatoms. The second-order valence-corrected chi connectivity index (χ2v) is 9.06. The van der Waals surface area contributed by atoms with E-state index in [4.69, 9.17) is 0 Å². The third-order valence-corrected chi connectivity index (χ3v) is 6.87. The zero-order chi connectivity index (χ0) is 18.1. The maximum atomic E-state index is 12.0. The van der Waals surface area contributed by atoms with Crippen molar-refractivity contribution in [1.29, 1.82) is 0 Å². The van der Waals surface area contributed by atoms with Gasteiger partial charge in [0, 0.05) is 45.3 Å². The van der Waals surface area contributed by atoms with Crippen LogP contribution in [0, 0.1) is 11.8 Å². The fourth-order valence-corrected chi connectivity index (χ4v) is 5.06. The Morgan fingerprint density at radius 3 is 2.33 bits per heavy atom. The molecular weight excluding hydrogens is 453 g/mol. The molecule has 6 nitrogen and oxygen atoms in total. The van der Waals surface area contributed by atoms with Crippen LogP contribution in [0.25, 0.3) is 0 Å². The second kappa shape index (κ2) is 9.29. The van der Waals surface area contributed by atoms with Crippen molar-refractivity contribution in [1.82, 2.24) is 20.4 Å². The van der Waals surface area contributed by atoms with E-state index in [-0.39, 0.29) is 36.4 Å². The SMILES string of the molecule is CN(C)C(=O)CN=C(NC1CCN(C2CC2)CC1)NC1CC2CCC1C2.I. The highest BCUT2D eigenvalue weighted by molar-refractivity contribution is 14.0. The Balaban J connectivity index is 0.00000210. The van der Waals surface area contributed by atoms with Gasteiger partial charge in [0.2, 0.25) is 5.91 Å². The van der Waals surface area contributed by atoms with Crippen LogP contribution >= 0.6 is 24.0 Å². The number of rotatable bonds is 5. The summed E-state index contributed by atoms with van der Waals surface area (Å²) in [5.74, 6) is 2.63. The first-order chi connectivity index (χ1) is 12.6. The quantitative estimate of drug-likeness (QED) is 0.353. The van der Waals surface area contributed by atoms with Gasteiger partial charge in [-0.3, -0.25) is 4.79 Å². The number of fused-ring (bicyclic) bond motifs is 2. The van der Waals surface area contributed by atoms with Gasteiger partial charge in [-0.25, -0.2) is 4.99 Å². The first-order valence-electron chi connectivity index (χ1n) is 10.6. The minimum atomic E-state index is 0. The lowest BCUT2D eigenvalue weighted by Gasteiger charge is -2.34. The van der Waals surface area contributed by atoms with E-state index in [1.807, 2.05) is 0 Å². The number of carbonyl (C=O) groups excluding carboxylic acids is 1. The molecule has 1 heterocycles. The number of nitrogens with zero attached hydrogens (tertiary/aromatic N) is 3. The fraction of sp³-hybridized carbons (Fsp3) is 0.900. The Labute approximate surface area is 180 Å². The summed E-state index contributed by atoms with van der Waals surface area (Å²) in [7, 11) is 3.59. The van der Waals surface area contributed by atoms with Crippen LogP contribution in [-0.4, -0.2) is 73.5 Å². The van der Waals surface area contributed by atoms with Gasteiger partial charge in [-0.2, -0.15) is 0 Å². The Morgan fingerprint density at radius 1 is 1.04 bits per heavy atom. The van der Waals surface area contributed by atoms with Crippen molar-refractivity contribution in [3.05, 3.63) is 0 Å². The third kappa shape index (κ3) is 5.49. The number of carbonyl (C=O) groups is 1. The lowest BCUT2D eigenvalue weighted by atomic mass is 9.95.